The third-order valence-electron chi connectivity index (χ3n) is 2.40. The Labute approximate surface area is 119 Å². The second-order valence-electron chi connectivity index (χ2n) is 3.94. The molecule has 2 aromatic heterocycles. The van der Waals surface area contributed by atoms with E-state index in [2.05, 4.69) is 15.3 Å². The van der Waals surface area contributed by atoms with E-state index in [-0.39, 0.29) is 18.2 Å². The van der Waals surface area contributed by atoms with Crippen molar-refractivity contribution in [2.45, 2.75) is 20.0 Å². The summed E-state index contributed by atoms with van der Waals surface area (Å²) < 4.78 is 5.44. The minimum Gasteiger partial charge on any atom is -0.467 e. The van der Waals surface area contributed by atoms with Crippen molar-refractivity contribution in [3.63, 3.8) is 0 Å². The molecular weight excluding hydrogens is 280 g/mol. The van der Waals surface area contributed by atoms with E-state index in [0.717, 1.165) is 17.5 Å². The molecule has 0 saturated carbocycles. The predicted octanol–water partition coefficient (Wildman–Crippen LogP) is 2.85. The number of anilines is 1. The van der Waals surface area contributed by atoms with Gasteiger partial charge in [0.25, 0.3) is 5.88 Å². The van der Waals surface area contributed by atoms with E-state index in [1.807, 2.05) is 24.4 Å². The summed E-state index contributed by atoms with van der Waals surface area (Å²) in [4.78, 5) is 19.3. The highest BCUT2D eigenvalue weighted by molar-refractivity contribution is 7.09. The molecule has 0 atom stereocenters. The van der Waals surface area contributed by atoms with Gasteiger partial charge in [-0.3, -0.25) is 10.1 Å². The van der Waals surface area contributed by atoms with Gasteiger partial charge in [-0.25, -0.2) is 4.98 Å². The number of aromatic nitrogens is 2. The van der Waals surface area contributed by atoms with Crippen LogP contribution >= 0.6 is 11.3 Å². The van der Waals surface area contributed by atoms with Crippen LogP contribution in [0.3, 0.4) is 0 Å². The fraction of sp³-hybridized carbons (Fsp3) is 0.333. The van der Waals surface area contributed by atoms with Crippen molar-refractivity contribution in [2.75, 3.05) is 11.9 Å². The van der Waals surface area contributed by atoms with Crippen LogP contribution in [0.25, 0.3) is 0 Å². The van der Waals surface area contributed by atoms with Crippen LogP contribution in [0.5, 0.6) is 5.88 Å². The smallest absolute Gasteiger partial charge is 0.349 e. The first-order chi connectivity index (χ1) is 9.70. The quantitative estimate of drug-likeness (QED) is 0.623. The standard InChI is InChI=1S/C12H14N4O3S/c1-2-5-13-12-14-7-10(16(17)18)11(15-12)19-8-9-4-3-6-20-9/h3-4,6-7H,2,5,8H2,1H3,(H,13,14,15). The zero-order valence-electron chi connectivity index (χ0n) is 10.9. The van der Waals surface area contributed by atoms with Gasteiger partial charge in [0, 0.05) is 11.4 Å². The van der Waals surface area contributed by atoms with E-state index in [4.69, 9.17) is 4.74 Å². The first-order valence-electron chi connectivity index (χ1n) is 6.11. The number of hydrogen-bond donors (Lipinski definition) is 1. The van der Waals surface area contributed by atoms with E-state index in [9.17, 15) is 10.1 Å². The average Bonchev–Trinajstić information content (AvgIpc) is 2.96. The SMILES string of the molecule is CCCNc1ncc([N+](=O)[O-])c(OCc2cccs2)n1. The third-order valence-corrected chi connectivity index (χ3v) is 3.25. The van der Waals surface area contributed by atoms with Crippen LogP contribution in [-0.2, 0) is 6.61 Å². The van der Waals surface area contributed by atoms with Crippen molar-refractivity contribution in [3.8, 4) is 5.88 Å². The molecule has 7 nitrogen and oxygen atoms in total. The van der Waals surface area contributed by atoms with E-state index >= 15 is 0 Å². The van der Waals surface area contributed by atoms with E-state index in [1.54, 1.807) is 0 Å². The van der Waals surface area contributed by atoms with Gasteiger partial charge in [-0.05, 0) is 17.9 Å². The molecule has 0 aliphatic heterocycles. The van der Waals surface area contributed by atoms with Crippen LogP contribution in [0.15, 0.2) is 23.7 Å². The highest BCUT2D eigenvalue weighted by Crippen LogP contribution is 2.25. The Kier molecular flexibility index (Phi) is 4.83. The van der Waals surface area contributed by atoms with Gasteiger partial charge in [-0.1, -0.05) is 13.0 Å². The van der Waals surface area contributed by atoms with Gasteiger partial charge in [-0.2, -0.15) is 4.98 Å². The number of rotatable bonds is 7. The van der Waals surface area contributed by atoms with Gasteiger partial charge >= 0.3 is 5.69 Å². The summed E-state index contributed by atoms with van der Waals surface area (Å²) in [5, 5.41) is 15.8. The molecule has 0 aliphatic rings. The fourth-order valence-corrected chi connectivity index (χ4v) is 2.06. The second kappa shape index (κ2) is 6.80. The normalized spacial score (nSPS) is 10.2. The molecule has 0 saturated heterocycles. The van der Waals surface area contributed by atoms with Crippen molar-refractivity contribution in [2.24, 2.45) is 0 Å². The Balaban J connectivity index is 2.15. The highest BCUT2D eigenvalue weighted by Gasteiger charge is 2.19. The van der Waals surface area contributed by atoms with Gasteiger partial charge in [0.1, 0.15) is 12.8 Å². The summed E-state index contributed by atoms with van der Waals surface area (Å²) >= 11 is 1.52. The molecule has 0 bridgehead atoms. The fourth-order valence-electron chi connectivity index (χ4n) is 1.45. The molecule has 8 heteroatoms. The minimum atomic E-state index is -0.548. The summed E-state index contributed by atoms with van der Waals surface area (Å²) in [7, 11) is 0. The summed E-state index contributed by atoms with van der Waals surface area (Å²) in [6.07, 6.45) is 2.07. The zero-order valence-corrected chi connectivity index (χ0v) is 11.7. The van der Waals surface area contributed by atoms with E-state index < -0.39 is 4.92 Å². The molecule has 20 heavy (non-hydrogen) atoms. The van der Waals surface area contributed by atoms with Crippen LogP contribution in [0.4, 0.5) is 11.6 Å². The Morgan fingerprint density at radius 1 is 1.55 bits per heavy atom. The Morgan fingerprint density at radius 2 is 2.40 bits per heavy atom. The van der Waals surface area contributed by atoms with Crippen molar-refractivity contribution < 1.29 is 9.66 Å². The second-order valence-corrected chi connectivity index (χ2v) is 4.97. The van der Waals surface area contributed by atoms with Gasteiger partial charge in [0.05, 0.1) is 4.92 Å². The maximum absolute atomic E-state index is 10.9. The summed E-state index contributed by atoms with van der Waals surface area (Å²) in [6.45, 7) is 2.96. The maximum atomic E-state index is 10.9. The molecule has 2 aromatic rings. The van der Waals surface area contributed by atoms with Crippen LogP contribution in [0, 0.1) is 10.1 Å². The highest BCUT2D eigenvalue weighted by atomic mass is 32.1. The summed E-state index contributed by atoms with van der Waals surface area (Å²) in [6, 6.07) is 3.79. The Bertz CT molecular complexity index is 574. The Morgan fingerprint density at radius 3 is 3.05 bits per heavy atom. The van der Waals surface area contributed by atoms with Gasteiger partial charge in [0.15, 0.2) is 0 Å². The number of ether oxygens (including phenoxy) is 1. The minimum absolute atomic E-state index is 0.0167. The molecular formula is C12H14N4O3S. The number of thiophene rings is 1. The average molecular weight is 294 g/mol. The van der Waals surface area contributed by atoms with Crippen molar-refractivity contribution in [3.05, 3.63) is 38.7 Å². The lowest BCUT2D eigenvalue weighted by atomic mass is 10.4. The summed E-state index contributed by atoms with van der Waals surface area (Å²) in [5.74, 6) is 0.315. The lowest BCUT2D eigenvalue weighted by Gasteiger charge is -2.07. The predicted molar refractivity (Wildman–Crippen MR) is 76.1 cm³/mol. The number of nitrogens with zero attached hydrogens (tertiary/aromatic N) is 3. The molecule has 1 N–H and O–H groups in total. The molecule has 0 aliphatic carbocycles. The van der Waals surface area contributed by atoms with Gasteiger partial charge in [-0.15, -0.1) is 11.3 Å². The molecule has 2 heterocycles. The molecule has 0 amide bonds. The lowest BCUT2D eigenvalue weighted by molar-refractivity contribution is -0.386. The number of nitrogens with one attached hydrogen (secondary N) is 1. The lowest BCUT2D eigenvalue weighted by Crippen LogP contribution is -2.07. The molecule has 0 spiro atoms. The molecule has 0 unspecified atom stereocenters. The van der Waals surface area contributed by atoms with Crippen LogP contribution in [0.2, 0.25) is 0 Å². The third kappa shape index (κ3) is 3.64. The summed E-state index contributed by atoms with van der Waals surface area (Å²) in [5.41, 5.74) is -0.233. The van der Waals surface area contributed by atoms with Crippen LogP contribution in [0.1, 0.15) is 18.2 Å². The maximum Gasteiger partial charge on any atom is 0.349 e. The Hall–Kier alpha value is -2.22. The van der Waals surface area contributed by atoms with Crippen molar-refractivity contribution in [1.82, 2.24) is 9.97 Å². The monoisotopic (exact) mass is 294 g/mol. The van der Waals surface area contributed by atoms with E-state index in [1.165, 1.54) is 11.3 Å². The molecule has 106 valence electrons. The number of hydrogen-bond acceptors (Lipinski definition) is 7. The molecule has 0 radical (unpaired) electrons. The van der Waals surface area contributed by atoms with Crippen LogP contribution < -0.4 is 10.1 Å². The molecule has 0 aromatic carbocycles. The van der Waals surface area contributed by atoms with Crippen LogP contribution in [-0.4, -0.2) is 21.4 Å². The molecule has 0 fully saturated rings. The largest absolute Gasteiger partial charge is 0.467 e. The first kappa shape index (κ1) is 14.2. The van der Waals surface area contributed by atoms with Crippen molar-refractivity contribution in [1.29, 1.82) is 0 Å². The van der Waals surface area contributed by atoms with E-state index in [0.29, 0.717) is 12.5 Å². The van der Waals surface area contributed by atoms with Gasteiger partial charge < -0.3 is 10.1 Å². The first-order valence-corrected chi connectivity index (χ1v) is 6.99. The van der Waals surface area contributed by atoms with Crippen molar-refractivity contribution >= 4 is 23.0 Å². The van der Waals surface area contributed by atoms with Gasteiger partial charge in [0.2, 0.25) is 5.95 Å². The zero-order chi connectivity index (χ0) is 14.4. The topological polar surface area (TPSA) is 90.2 Å². The molecule has 2 rings (SSSR count). The number of nitro groups is 1.